The summed E-state index contributed by atoms with van der Waals surface area (Å²) in [7, 11) is 0. The van der Waals surface area contributed by atoms with E-state index >= 15 is 0 Å². The lowest BCUT2D eigenvalue weighted by Crippen LogP contribution is -2.13. The fraction of sp³-hybridized carbons (Fsp3) is 0.800. The van der Waals surface area contributed by atoms with Crippen molar-refractivity contribution in [3.63, 3.8) is 0 Å². The highest BCUT2D eigenvalue weighted by Crippen LogP contribution is 2.63. The average Bonchev–Trinajstić information content (AvgIpc) is 2.39. The smallest absolute Gasteiger partial charge is 0.0750 e. The summed E-state index contributed by atoms with van der Waals surface area (Å²) in [6.07, 6.45) is 3.09. The molecule has 2 rings (SSSR count). The summed E-state index contributed by atoms with van der Waals surface area (Å²) in [6, 6.07) is 0. The van der Waals surface area contributed by atoms with Crippen molar-refractivity contribution in [2.24, 2.45) is 17.3 Å². The van der Waals surface area contributed by atoms with Crippen LogP contribution in [-0.2, 0) is 0 Å². The molecular formula is C10H16O. The van der Waals surface area contributed by atoms with Gasteiger partial charge >= 0.3 is 0 Å². The van der Waals surface area contributed by atoms with Crippen LogP contribution in [0.1, 0.15) is 27.2 Å². The first kappa shape index (κ1) is 7.35. The van der Waals surface area contributed by atoms with Crippen molar-refractivity contribution in [3.8, 4) is 0 Å². The average molecular weight is 152 g/mol. The molecule has 0 aliphatic heterocycles. The minimum absolute atomic E-state index is 0.155. The van der Waals surface area contributed by atoms with E-state index in [0.717, 1.165) is 18.3 Å². The van der Waals surface area contributed by atoms with Crippen molar-refractivity contribution >= 4 is 0 Å². The maximum absolute atomic E-state index is 9.54. The van der Waals surface area contributed by atoms with Crippen LogP contribution in [0, 0.1) is 17.3 Å². The molecule has 0 unspecified atom stereocenters. The molecule has 2 aliphatic carbocycles. The molecule has 0 spiro atoms. The molecule has 1 saturated carbocycles. The Labute approximate surface area is 68.1 Å². The molecule has 0 amide bonds. The van der Waals surface area contributed by atoms with Crippen LogP contribution in [0.4, 0.5) is 0 Å². The van der Waals surface area contributed by atoms with Crippen LogP contribution in [0.2, 0.25) is 0 Å². The second-order valence-electron chi connectivity index (χ2n) is 4.62. The van der Waals surface area contributed by atoms with Gasteiger partial charge < -0.3 is 5.11 Å². The quantitative estimate of drug-likeness (QED) is 0.526. The normalized spacial score (nSPS) is 46.2. The van der Waals surface area contributed by atoms with Crippen molar-refractivity contribution in [1.29, 1.82) is 0 Å². The molecule has 0 bridgehead atoms. The van der Waals surface area contributed by atoms with E-state index in [9.17, 15) is 5.11 Å². The molecule has 1 fully saturated rings. The lowest BCUT2D eigenvalue weighted by Gasteiger charge is -2.14. The zero-order valence-corrected chi connectivity index (χ0v) is 7.46. The Morgan fingerprint density at radius 1 is 1.55 bits per heavy atom. The molecule has 3 atom stereocenters. The predicted molar refractivity (Wildman–Crippen MR) is 45.1 cm³/mol. The van der Waals surface area contributed by atoms with Crippen LogP contribution < -0.4 is 0 Å². The molecular weight excluding hydrogens is 136 g/mol. The number of rotatable bonds is 0. The Kier molecular flexibility index (Phi) is 1.26. The third-order valence-electron chi connectivity index (χ3n) is 3.58. The van der Waals surface area contributed by atoms with Crippen LogP contribution >= 0.6 is 0 Å². The molecule has 1 N–H and O–H groups in total. The van der Waals surface area contributed by atoms with Crippen LogP contribution in [0.5, 0.6) is 0 Å². The molecule has 0 radical (unpaired) electrons. The van der Waals surface area contributed by atoms with Gasteiger partial charge in [-0.05, 0) is 36.2 Å². The summed E-state index contributed by atoms with van der Waals surface area (Å²) < 4.78 is 0. The summed E-state index contributed by atoms with van der Waals surface area (Å²) in [5, 5.41) is 9.54. The van der Waals surface area contributed by atoms with Gasteiger partial charge in [-0.2, -0.15) is 0 Å². The van der Waals surface area contributed by atoms with E-state index in [2.05, 4.69) is 19.9 Å². The SMILES string of the molecule is CC1=C[C@H]2[C@H](C[C@@H]1O)C2(C)C. The molecule has 11 heavy (non-hydrogen) atoms. The number of fused-ring (bicyclic) bond motifs is 1. The van der Waals surface area contributed by atoms with E-state index in [1.807, 2.05) is 6.92 Å². The monoisotopic (exact) mass is 152 g/mol. The Hall–Kier alpha value is -0.300. The largest absolute Gasteiger partial charge is 0.389 e. The Morgan fingerprint density at radius 3 is 2.73 bits per heavy atom. The van der Waals surface area contributed by atoms with Gasteiger partial charge in [-0.1, -0.05) is 19.9 Å². The third-order valence-corrected chi connectivity index (χ3v) is 3.58. The van der Waals surface area contributed by atoms with Crippen molar-refractivity contribution in [2.75, 3.05) is 0 Å². The van der Waals surface area contributed by atoms with Crippen LogP contribution in [0.15, 0.2) is 11.6 Å². The van der Waals surface area contributed by atoms with Crippen LogP contribution in [-0.4, -0.2) is 11.2 Å². The molecule has 0 aromatic carbocycles. The van der Waals surface area contributed by atoms with Crippen molar-refractivity contribution in [2.45, 2.75) is 33.3 Å². The summed E-state index contributed by atoms with van der Waals surface area (Å²) in [6.45, 7) is 6.63. The Bertz CT molecular complexity index is 215. The molecule has 0 aromatic rings. The second-order valence-corrected chi connectivity index (χ2v) is 4.62. The van der Waals surface area contributed by atoms with Crippen molar-refractivity contribution in [3.05, 3.63) is 11.6 Å². The fourth-order valence-corrected chi connectivity index (χ4v) is 2.39. The minimum Gasteiger partial charge on any atom is -0.389 e. The molecule has 2 aliphatic rings. The van der Waals surface area contributed by atoms with Gasteiger partial charge in [-0.3, -0.25) is 0 Å². The first-order valence-electron chi connectivity index (χ1n) is 4.40. The maximum atomic E-state index is 9.54. The maximum Gasteiger partial charge on any atom is 0.0750 e. The Morgan fingerprint density at radius 2 is 2.18 bits per heavy atom. The fourth-order valence-electron chi connectivity index (χ4n) is 2.39. The highest BCUT2D eigenvalue weighted by atomic mass is 16.3. The van der Waals surface area contributed by atoms with Gasteiger partial charge in [0.25, 0.3) is 0 Å². The second kappa shape index (κ2) is 1.89. The van der Waals surface area contributed by atoms with Gasteiger partial charge in [0.2, 0.25) is 0 Å². The zero-order valence-electron chi connectivity index (χ0n) is 7.46. The highest BCUT2D eigenvalue weighted by molar-refractivity contribution is 5.25. The lowest BCUT2D eigenvalue weighted by molar-refractivity contribution is 0.182. The molecule has 0 aromatic heterocycles. The molecule has 0 heterocycles. The van der Waals surface area contributed by atoms with Gasteiger partial charge in [0.1, 0.15) is 0 Å². The lowest BCUT2D eigenvalue weighted by atomic mass is 9.98. The van der Waals surface area contributed by atoms with Crippen LogP contribution in [0.25, 0.3) is 0 Å². The molecule has 1 heteroatoms. The summed E-state index contributed by atoms with van der Waals surface area (Å²) >= 11 is 0. The van der Waals surface area contributed by atoms with E-state index in [0.29, 0.717) is 5.41 Å². The van der Waals surface area contributed by atoms with Crippen molar-refractivity contribution < 1.29 is 5.11 Å². The topological polar surface area (TPSA) is 20.2 Å². The predicted octanol–water partition coefficient (Wildman–Crippen LogP) is 1.97. The number of aliphatic hydroxyl groups excluding tert-OH is 1. The first-order valence-corrected chi connectivity index (χ1v) is 4.40. The van der Waals surface area contributed by atoms with Gasteiger partial charge in [0.15, 0.2) is 0 Å². The molecule has 0 saturated heterocycles. The van der Waals surface area contributed by atoms with Gasteiger partial charge in [-0.15, -0.1) is 0 Å². The Balaban J connectivity index is 2.22. The van der Waals surface area contributed by atoms with Gasteiger partial charge in [-0.25, -0.2) is 0 Å². The van der Waals surface area contributed by atoms with Crippen LogP contribution in [0.3, 0.4) is 0 Å². The number of allylic oxidation sites excluding steroid dienone is 1. The number of hydrogen-bond acceptors (Lipinski definition) is 1. The number of hydrogen-bond donors (Lipinski definition) is 1. The van der Waals surface area contributed by atoms with Crippen molar-refractivity contribution in [1.82, 2.24) is 0 Å². The number of aliphatic hydroxyl groups is 1. The summed E-state index contributed by atoms with van der Waals surface area (Å²) in [4.78, 5) is 0. The summed E-state index contributed by atoms with van der Waals surface area (Å²) in [5.74, 6) is 1.51. The molecule has 1 nitrogen and oxygen atoms in total. The van der Waals surface area contributed by atoms with Gasteiger partial charge in [0.05, 0.1) is 6.10 Å². The summed E-state index contributed by atoms with van der Waals surface area (Å²) in [5.41, 5.74) is 1.65. The zero-order chi connectivity index (χ0) is 8.22. The molecule has 62 valence electrons. The van der Waals surface area contributed by atoms with E-state index in [1.54, 1.807) is 0 Å². The first-order chi connectivity index (χ1) is 5.03. The standard InChI is InChI=1S/C10H16O/c1-6-4-7-8(5-9(6)11)10(7,2)3/h4,7-9,11H,5H2,1-3H3/t7-,8-,9-/m0/s1. The third kappa shape index (κ3) is 0.871. The van der Waals surface area contributed by atoms with E-state index in [-0.39, 0.29) is 6.10 Å². The van der Waals surface area contributed by atoms with E-state index in [4.69, 9.17) is 0 Å². The minimum atomic E-state index is -0.155. The van der Waals surface area contributed by atoms with E-state index < -0.39 is 0 Å². The van der Waals surface area contributed by atoms with Gasteiger partial charge in [0, 0.05) is 0 Å². The van der Waals surface area contributed by atoms with E-state index in [1.165, 1.54) is 5.57 Å². The highest BCUT2D eigenvalue weighted by Gasteiger charge is 2.58.